The van der Waals surface area contributed by atoms with Crippen LogP contribution in [-0.2, 0) is 0 Å². The number of furan rings is 1. The molecule has 0 saturated heterocycles. The number of thioether (sulfide) groups is 1. The van der Waals surface area contributed by atoms with Gasteiger partial charge in [0.2, 0.25) is 0 Å². The van der Waals surface area contributed by atoms with Crippen molar-refractivity contribution >= 4 is 11.8 Å². The third-order valence-corrected chi connectivity index (χ3v) is 4.70. The van der Waals surface area contributed by atoms with E-state index >= 15 is 0 Å². The summed E-state index contributed by atoms with van der Waals surface area (Å²) in [6.07, 6.45) is 1.74. The van der Waals surface area contributed by atoms with E-state index in [2.05, 4.69) is 24.4 Å². The molecule has 0 bridgehead atoms. The van der Waals surface area contributed by atoms with Crippen molar-refractivity contribution in [3.8, 4) is 5.75 Å². The van der Waals surface area contributed by atoms with Crippen molar-refractivity contribution in [1.29, 1.82) is 0 Å². The molecule has 0 radical (unpaired) electrons. The predicted octanol–water partition coefficient (Wildman–Crippen LogP) is 4.04. The maximum absolute atomic E-state index is 5.36. The summed E-state index contributed by atoms with van der Waals surface area (Å²) in [4.78, 5) is 1.20. The summed E-state index contributed by atoms with van der Waals surface area (Å²) >= 11 is 1.83. The second-order valence-corrected chi connectivity index (χ2v) is 6.12. The molecule has 2 aromatic rings. The first kappa shape index (κ1) is 15.0. The van der Waals surface area contributed by atoms with E-state index in [4.69, 9.17) is 9.15 Å². The van der Waals surface area contributed by atoms with E-state index in [9.17, 15) is 0 Å². The quantitative estimate of drug-likeness (QED) is 0.815. The maximum Gasteiger partial charge on any atom is 0.118 e. The van der Waals surface area contributed by atoms with E-state index in [1.165, 1.54) is 10.5 Å². The number of benzene rings is 1. The molecule has 2 atom stereocenters. The van der Waals surface area contributed by atoms with Crippen LogP contribution in [0.3, 0.4) is 0 Å². The van der Waals surface area contributed by atoms with E-state index in [0.717, 1.165) is 11.5 Å². The van der Waals surface area contributed by atoms with Gasteiger partial charge in [0.25, 0.3) is 0 Å². The minimum Gasteiger partial charge on any atom is -0.497 e. The zero-order chi connectivity index (χ0) is 14.5. The van der Waals surface area contributed by atoms with Crippen LogP contribution >= 0.6 is 11.8 Å². The largest absolute Gasteiger partial charge is 0.497 e. The molecule has 0 amide bonds. The van der Waals surface area contributed by atoms with Gasteiger partial charge < -0.3 is 14.5 Å². The monoisotopic (exact) mass is 291 g/mol. The van der Waals surface area contributed by atoms with E-state index < -0.39 is 0 Å². The minimum atomic E-state index is 0.278. The van der Waals surface area contributed by atoms with Gasteiger partial charge in [0.1, 0.15) is 11.5 Å². The SMILES string of the molecule is CNC(c1ccc(OC)cc1)C(C)Sc1ccoc1C. The number of ether oxygens (including phenoxy) is 1. The molecule has 1 N–H and O–H groups in total. The van der Waals surface area contributed by atoms with Crippen molar-refractivity contribution in [3.63, 3.8) is 0 Å². The highest BCUT2D eigenvalue weighted by molar-refractivity contribution is 8.00. The van der Waals surface area contributed by atoms with Crippen LogP contribution in [0.4, 0.5) is 0 Å². The normalized spacial score (nSPS) is 14.0. The summed E-state index contributed by atoms with van der Waals surface area (Å²) < 4.78 is 10.6. The fraction of sp³-hybridized carbons (Fsp3) is 0.375. The number of methoxy groups -OCH3 is 1. The minimum absolute atomic E-state index is 0.278. The summed E-state index contributed by atoms with van der Waals surface area (Å²) in [5.74, 6) is 1.86. The van der Waals surface area contributed by atoms with Crippen molar-refractivity contribution in [2.45, 2.75) is 30.0 Å². The molecule has 2 rings (SSSR count). The lowest BCUT2D eigenvalue weighted by Crippen LogP contribution is -2.25. The fourth-order valence-corrected chi connectivity index (χ4v) is 3.43. The molecule has 0 saturated carbocycles. The predicted molar refractivity (Wildman–Crippen MR) is 83.6 cm³/mol. The average Bonchev–Trinajstić information content (AvgIpc) is 2.86. The highest BCUT2D eigenvalue weighted by Gasteiger charge is 2.20. The molecule has 20 heavy (non-hydrogen) atoms. The first-order valence-electron chi connectivity index (χ1n) is 6.67. The van der Waals surface area contributed by atoms with Crippen LogP contribution in [0.15, 0.2) is 45.9 Å². The van der Waals surface area contributed by atoms with Gasteiger partial charge in [-0.1, -0.05) is 19.1 Å². The van der Waals surface area contributed by atoms with Gasteiger partial charge in [0, 0.05) is 16.2 Å². The van der Waals surface area contributed by atoms with Gasteiger partial charge in [0.15, 0.2) is 0 Å². The molecule has 4 heteroatoms. The van der Waals surface area contributed by atoms with Crippen LogP contribution < -0.4 is 10.1 Å². The van der Waals surface area contributed by atoms with Gasteiger partial charge in [-0.2, -0.15) is 0 Å². The van der Waals surface area contributed by atoms with Gasteiger partial charge in [-0.15, -0.1) is 11.8 Å². The molecule has 108 valence electrons. The number of hydrogen-bond acceptors (Lipinski definition) is 4. The number of aryl methyl sites for hydroxylation is 1. The van der Waals surface area contributed by atoms with E-state index in [0.29, 0.717) is 5.25 Å². The Balaban J connectivity index is 2.12. The Hall–Kier alpha value is -1.39. The van der Waals surface area contributed by atoms with Crippen LogP contribution in [0.5, 0.6) is 5.75 Å². The topological polar surface area (TPSA) is 34.4 Å². The number of nitrogens with one attached hydrogen (secondary N) is 1. The average molecular weight is 291 g/mol. The van der Waals surface area contributed by atoms with Crippen LogP contribution in [0.2, 0.25) is 0 Å². The van der Waals surface area contributed by atoms with E-state index in [-0.39, 0.29) is 6.04 Å². The zero-order valence-corrected chi connectivity index (χ0v) is 13.2. The van der Waals surface area contributed by atoms with Crippen molar-refractivity contribution in [2.75, 3.05) is 14.2 Å². The molecule has 0 aliphatic heterocycles. The summed E-state index contributed by atoms with van der Waals surface area (Å²) in [5.41, 5.74) is 1.26. The van der Waals surface area contributed by atoms with Crippen molar-refractivity contribution in [2.24, 2.45) is 0 Å². The third kappa shape index (κ3) is 3.38. The number of hydrogen-bond donors (Lipinski definition) is 1. The molecule has 1 heterocycles. The molecular weight excluding hydrogens is 270 g/mol. The molecule has 2 unspecified atom stereocenters. The van der Waals surface area contributed by atoms with Gasteiger partial charge in [-0.3, -0.25) is 0 Å². The maximum atomic E-state index is 5.36. The van der Waals surface area contributed by atoms with E-state index in [1.807, 2.05) is 43.9 Å². The molecule has 0 spiro atoms. The van der Waals surface area contributed by atoms with Crippen LogP contribution in [0.1, 0.15) is 24.3 Å². The van der Waals surface area contributed by atoms with E-state index in [1.54, 1.807) is 13.4 Å². The lowest BCUT2D eigenvalue weighted by Gasteiger charge is -2.23. The van der Waals surface area contributed by atoms with Gasteiger partial charge in [-0.25, -0.2) is 0 Å². The highest BCUT2D eigenvalue weighted by atomic mass is 32.2. The standard InChI is InChI=1S/C16H21NO2S/c1-11-15(9-10-19-11)20-12(2)16(17-3)13-5-7-14(18-4)8-6-13/h5-10,12,16-17H,1-4H3. The Bertz CT molecular complexity index is 536. The van der Waals surface area contributed by atoms with Crippen LogP contribution in [-0.4, -0.2) is 19.4 Å². The molecule has 0 aliphatic rings. The Morgan fingerprint density at radius 2 is 1.90 bits per heavy atom. The summed E-state index contributed by atoms with van der Waals surface area (Å²) in [6, 6.07) is 10.5. The van der Waals surface area contributed by atoms with Gasteiger partial charge in [0.05, 0.1) is 13.4 Å². The second kappa shape index (κ2) is 6.86. The summed E-state index contributed by atoms with van der Waals surface area (Å²) in [7, 11) is 3.68. The molecule has 1 aromatic carbocycles. The van der Waals surface area contributed by atoms with Crippen LogP contribution in [0, 0.1) is 6.92 Å². The lowest BCUT2D eigenvalue weighted by atomic mass is 10.0. The van der Waals surface area contributed by atoms with Crippen LogP contribution in [0.25, 0.3) is 0 Å². The summed E-state index contributed by atoms with van der Waals surface area (Å²) in [6.45, 7) is 4.22. The second-order valence-electron chi connectivity index (χ2n) is 4.70. The number of rotatable bonds is 6. The Labute approximate surface area is 124 Å². The Morgan fingerprint density at radius 3 is 2.40 bits per heavy atom. The first-order chi connectivity index (χ1) is 9.65. The molecule has 0 fully saturated rings. The molecule has 0 aliphatic carbocycles. The molecular formula is C16H21NO2S. The Morgan fingerprint density at radius 1 is 1.20 bits per heavy atom. The highest BCUT2D eigenvalue weighted by Crippen LogP contribution is 2.34. The fourth-order valence-electron chi connectivity index (χ4n) is 2.25. The van der Waals surface area contributed by atoms with Gasteiger partial charge >= 0.3 is 0 Å². The van der Waals surface area contributed by atoms with Crippen molar-refractivity contribution in [1.82, 2.24) is 5.32 Å². The summed E-state index contributed by atoms with van der Waals surface area (Å²) in [5, 5.41) is 3.79. The third-order valence-electron chi connectivity index (χ3n) is 3.38. The zero-order valence-electron chi connectivity index (χ0n) is 12.3. The Kier molecular flexibility index (Phi) is 5.15. The lowest BCUT2D eigenvalue weighted by molar-refractivity contribution is 0.414. The smallest absolute Gasteiger partial charge is 0.118 e. The molecule has 3 nitrogen and oxygen atoms in total. The van der Waals surface area contributed by atoms with Gasteiger partial charge in [-0.05, 0) is 37.7 Å². The van der Waals surface area contributed by atoms with Crippen molar-refractivity contribution < 1.29 is 9.15 Å². The molecule has 1 aromatic heterocycles. The van der Waals surface area contributed by atoms with Crippen molar-refractivity contribution in [3.05, 3.63) is 47.9 Å². The first-order valence-corrected chi connectivity index (χ1v) is 7.55.